The topological polar surface area (TPSA) is 23.4 Å². The molecule has 1 aliphatic heterocycles. The molecule has 3 nitrogen and oxygen atoms in total. The maximum atomic E-state index is 5.92. The van der Waals surface area contributed by atoms with E-state index >= 15 is 0 Å². The van der Waals surface area contributed by atoms with Crippen molar-refractivity contribution in [2.24, 2.45) is 0 Å². The molecular formula is C32H33NO2S. The van der Waals surface area contributed by atoms with E-state index in [0.717, 1.165) is 27.6 Å². The number of rotatable bonds is 2. The lowest BCUT2D eigenvalue weighted by atomic mass is 9.85. The van der Waals surface area contributed by atoms with E-state index in [-0.39, 0.29) is 10.8 Å². The fourth-order valence-corrected chi connectivity index (χ4v) is 6.00. The number of aromatic nitrogens is 1. The van der Waals surface area contributed by atoms with Crippen LogP contribution in [0.5, 0.6) is 11.5 Å². The van der Waals surface area contributed by atoms with Gasteiger partial charge in [0.25, 0.3) is 0 Å². The summed E-state index contributed by atoms with van der Waals surface area (Å²) in [4.78, 5) is 1.13. The Balaban J connectivity index is 1.53. The number of hydrogen-bond donors (Lipinski definition) is 0. The quantitative estimate of drug-likeness (QED) is 0.244. The first kappa shape index (κ1) is 23.2. The van der Waals surface area contributed by atoms with Crippen molar-refractivity contribution >= 4 is 33.1 Å². The molecule has 0 aliphatic carbocycles. The second-order valence-electron chi connectivity index (χ2n) is 11.8. The molecule has 36 heavy (non-hydrogen) atoms. The molecular weight excluding hydrogens is 462 g/mol. The summed E-state index contributed by atoms with van der Waals surface area (Å²) in [6, 6.07) is 22.8. The number of thiophene rings is 1. The van der Waals surface area contributed by atoms with Crippen LogP contribution in [0, 0.1) is 0 Å². The van der Waals surface area contributed by atoms with Crippen molar-refractivity contribution in [1.29, 1.82) is 0 Å². The van der Waals surface area contributed by atoms with Gasteiger partial charge in [0, 0.05) is 21.8 Å². The maximum absolute atomic E-state index is 5.92. The van der Waals surface area contributed by atoms with Gasteiger partial charge in [-0.2, -0.15) is 0 Å². The molecule has 4 heteroatoms. The lowest BCUT2D eigenvalue weighted by Gasteiger charge is -2.19. The Kier molecular flexibility index (Phi) is 5.24. The van der Waals surface area contributed by atoms with Crippen molar-refractivity contribution in [3.05, 3.63) is 77.2 Å². The van der Waals surface area contributed by atoms with Crippen LogP contribution in [0.4, 0.5) is 0 Å². The average Bonchev–Trinajstić information content (AvgIpc) is 3.42. The molecule has 0 amide bonds. The Hall–Kier alpha value is -3.24. The first-order valence-corrected chi connectivity index (χ1v) is 13.6. The van der Waals surface area contributed by atoms with Crippen LogP contribution in [0.15, 0.2) is 66.0 Å². The highest BCUT2D eigenvalue weighted by atomic mass is 32.1. The zero-order valence-corrected chi connectivity index (χ0v) is 22.8. The van der Waals surface area contributed by atoms with Crippen molar-refractivity contribution in [2.45, 2.75) is 52.4 Å². The van der Waals surface area contributed by atoms with Crippen LogP contribution in [-0.2, 0) is 10.8 Å². The molecule has 0 radical (unpaired) electrons. The lowest BCUT2D eigenvalue weighted by Crippen LogP contribution is -2.14. The normalized spacial score (nSPS) is 14.1. The molecule has 0 unspecified atom stereocenters. The van der Waals surface area contributed by atoms with Gasteiger partial charge >= 0.3 is 0 Å². The molecule has 0 fully saturated rings. The van der Waals surface area contributed by atoms with E-state index in [1.165, 1.54) is 32.9 Å². The number of hydrogen-bond acceptors (Lipinski definition) is 3. The third-order valence-electron chi connectivity index (χ3n) is 7.19. The van der Waals surface area contributed by atoms with Crippen LogP contribution >= 0.6 is 11.3 Å². The number of fused-ring (bicyclic) bond motifs is 4. The van der Waals surface area contributed by atoms with E-state index in [9.17, 15) is 0 Å². The van der Waals surface area contributed by atoms with Gasteiger partial charge in [0.2, 0.25) is 0 Å². The molecule has 6 rings (SSSR count). The monoisotopic (exact) mass is 495 g/mol. The van der Waals surface area contributed by atoms with Crippen LogP contribution in [0.1, 0.15) is 52.7 Å². The number of ether oxygens (including phenoxy) is 2. The summed E-state index contributed by atoms with van der Waals surface area (Å²) in [5, 5.41) is 4.67. The minimum absolute atomic E-state index is 0.0948. The van der Waals surface area contributed by atoms with E-state index in [4.69, 9.17) is 9.47 Å². The summed E-state index contributed by atoms with van der Waals surface area (Å²) >= 11 is 1.68. The summed E-state index contributed by atoms with van der Waals surface area (Å²) in [7, 11) is 0. The molecule has 1 aliphatic rings. The van der Waals surface area contributed by atoms with Gasteiger partial charge in [-0.3, -0.25) is 0 Å². The van der Waals surface area contributed by atoms with E-state index in [1.54, 1.807) is 11.3 Å². The van der Waals surface area contributed by atoms with Crippen molar-refractivity contribution < 1.29 is 9.47 Å². The predicted octanol–water partition coefficient (Wildman–Crippen LogP) is 8.88. The molecule has 0 saturated heterocycles. The minimum Gasteiger partial charge on any atom is -0.485 e. The minimum atomic E-state index is 0.0948. The Labute approximate surface area is 217 Å². The van der Waals surface area contributed by atoms with Crippen molar-refractivity contribution in [1.82, 2.24) is 4.57 Å². The van der Waals surface area contributed by atoms with Gasteiger partial charge in [-0.1, -0.05) is 65.8 Å². The molecule has 184 valence electrons. The highest BCUT2D eigenvalue weighted by Crippen LogP contribution is 2.46. The smallest absolute Gasteiger partial charge is 0.179 e. The zero-order valence-electron chi connectivity index (χ0n) is 21.9. The van der Waals surface area contributed by atoms with Crippen LogP contribution in [0.3, 0.4) is 0 Å². The standard InChI is InChI=1S/C32H33NO2S/c1-31(2,3)21-9-13-26-24(17-21)25-18-22(32(4,5)6)10-14-27(25)33(26)23-11-7-20(8-12-23)30-29-28(19-36-30)34-15-16-35-29/h7-14,17-19H,15-16H2,1-6H3. The van der Waals surface area contributed by atoms with Crippen molar-refractivity contribution in [3.63, 3.8) is 0 Å². The molecule has 0 atom stereocenters. The first-order chi connectivity index (χ1) is 17.1. The van der Waals surface area contributed by atoms with Crippen LogP contribution in [0.2, 0.25) is 0 Å². The SMILES string of the molecule is CC(C)(C)c1ccc2c(c1)c1cc(C(C)(C)C)ccc1n2-c1ccc(-c2scc3c2OCCO3)cc1. The highest BCUT2D eigenvalue weighted by Gasteiger charge is 2.22. The predicted molar refractivity (Wildman–Crippen MR) is 152 cm³/mol. The van der Waals surface area contributed by atoms with Crippen LogP contribution < -0.4 is 9.47 Å². The van der Waals surface area contributed by atoms with E-state index < -0.39 is 0 Å². The van der Waals surface area contributed by atoms with Crippen molar-refractivity contribution in [2.75, 3.05) is 13.2 Å². The Morgan fingerprint density at radius 2 is 1.25 bits per heavy atom. The Morgan fingerprint density at radius 1 is 0.694 bits per heavy atom. The first-order valence-electron chi connectivity index (χ1n) is 12.7. The maximum Gasteiger partial charge on any atom is 0.179 e. The van der Waals surface area contributed by atoms with E-state index in [0.29, 0.717) is 13.2 Å². The van der Waals surface area contributed by atoms with Gasteiger partial charge in [-0.15, -0.1) is 11.3 Å². The Morgan fingerprint density at radius 3 is 1.81 bits per heavy atom. The summed E-state index contributed by atoms with van der Waals surface area (Å²) in [5.41, 5.74) is 7.69. The summed E-state index contributed by atoms with van der Waals surface area (Å²) in [6.45, 7) is 14.9. The largest absolute Gasteiger partial charge is 0.485 e. The van der Waals surface area contributed by atoms with Gasteiger partial charge in [-0.05, 0) is 63.9 Å². The van der Waals surface area contributed by atoms with Crippen LogP contribution in [0.25, 0.3) is 37.9 Å². The fraction of sp³-hybridized carbons (Fsp3) is 0.312. The summed E-state index contributed by atoms with van der Waals surface area (Å²) in [6.07, 6.45) is 0. The van der Waals surface area contributed by atoms with Crippen LogP contribution in [-0.4, -0.2) is 17.8 Å². The third-order valence-corrected chi connectivity index (χ3v) is 8.17. The molecule has 0 N–H and O–H groups in total. The van der Waals surface area contributed by atoms with E-state index in [2.05, 4.69) is 107 Å². The molecule has 3 aromatic carbocycles. The third kappa shape index (κ3) is 3.79. The van der Waals surface area contributed by atoms with E-state index in [1.807, 2.05) is 5.38 Å². The fourth-order valence-electron chi connectivity index (χ4n) is 5.06. The molecule has 3 heterocycles. The zero-order chi connectivity index (χ0) is 25.2. The van der Waals surface area contributed by atoms with Crippen molar-refractivity contribution in [3.8, 4) is 27.6 Å². The molecule has 0 spiro atoms. The molecule has 2 aromatic heterocycles. The molecule has 0 saturated carbocycles. The lowest BCUT2D eigenvalue weighted by molar-refractivity contribution is 0.174. The molecule has 5 aromatic rings. The summed E-state index contributed by atoms with van der Waals surface area (Å²) < 4.78 is 14.1. The van der Waals surface area contributed by atoms with Gasteiger partial charge in [-0.25, -0.2) is 0 Å². The Bertz CT molecular complexity index is 1520. The highest BCUT2D eigenvalue weighted by molar-refractivity contribution is 7.14. The average molecular weight is 496 g/mol. The summed E-state index contributed by atoms with van der Waals surface area (Å²) in [5.74, 6) is 1.73. The number of benzene rings is 3. The van der Waals surface area contributed by atoms with Gasteiger partial charge < -0.3 is 14.0 Å². The second kappa shape index (κ2) is 8.14. The second-order valence-corrected chi connectivity index (χ2v) is 12.7. The van der Waals surface area contributed by atoms with Gasteiger partial charge in [0.05, 0.1) is 15.9 Å². The van der Waals surface area contributed by atoms with Gasteiger partial charge in [0.15, 0.2) is 11.5 Å². The van der Waals surface area contributed by atoms with Gasteiger partial charge in [0.1, 0.15) is 13.2 Å². The molecule has 0 bridgehead atoms. The number of nitrogens with zero attached hydrogens (tertiary/aromatic N) is 1.